The summed E-state index contributed by atoms with van der Waals surface area (Å²) in [6, 6.07) is 0. The van der Waals surface area contributed by atoms with E-state index >= 15 is 0 Å². The Labute approximate surface area is 73.6 Å². The predicted molar refractivity (Wildman–Crippen MR) is 54.8 cm³/mol. The summed E-state index contributed by atoms with van der Waals surface area (Å²) >= 11 is 5.00. The molecule has 1 heterocycles. The Kier molecular flexibility index (Phi) is 2.54. The average molecular weight is 191 g/mol. The third-order valence-electron chi connectivity index (χ3n) is 1.91. The first-order valence-electron chi connectivity index (χ1n) is 3.59. The van der Waals surface area contributed by atoms with Crippen LogP contribution in [0.4, 0.5) is 0 Å². The van der Waals surface area contributed by atoms with Gasteiger partial charge in [-0.05, 0) is 22.3 Å². The van der Waals surface area contributed by atoms with Gasteiger partial charge in [-0.15, -0.1) is 0 Å². The minimum atomic E-state index is -1.75. The topological polar surface area (TPSA) is 20.3 Å². The molecule has 2 nitrogen and oxygen atoms in total. The van der Waals surface area contributed by atoms with Crippen molar-refractivity contribution in [3.63, 3.8) is 0 Å². The molecule has 0 aliphatic carbocycles. The Hall–Kier alpha value is -0.0900. The smallest absolute Gasteiger partial charge is 0.0748 e. The summed E-state index contributed by atoms with van der Waals surface area (Å²) in [5.74, 6) is 5.07. The number of hydrogen-bond donors (Lipinski definition) is 0. The molecule has 1 aliphatic rings. The summed E-state index contributed by atoms with van der Waals surface area (Å²) in [4.78, 5) is 2.99. The molecule has 0 aromatic rings. The Morgan fingerprint density at radius 3 is 2.36 bits per heavy atom. The van der Waals surface area contributed by atoms with Crippen LogP contribution in [0.15, 0.2) is 0 Å². The molecule has 64 valence electrons. The highest BCUT2D eigenvalue weighted by molar-refractivity contribution is 8.00. The van der Waals surface area contributed by atoms with E-state index in [4.69, 9.17) is 12.2 Å². The first-order valence-corrected chi connectivity index (χ1v) is 6.07. The molecule has 0 unspecified atom stereocenters. The standard InChI is InChI=1S/C7H13NOS2/c1-7(10)8-3-5-11(2,9)6-4-8/h2-6H2,1H3. The zero-order valence-electron chi connectivity index (χ0n) is 6.71. The Morgan fingerprint density at radius 2 is 2.00 bits per heavy atom. The third-order valence-corrected chi connectivity index (χ3v) is 4.02. The van der Waals surface area contributed by atoms with Crippen molar-refractivity contribution in [2.24, 2.45) is 0 Å². The molecule has 0 radical (unpaired) electrons. The van der Waals surface area contributed by atoms with Crippen LogP contribution in [0.5, 0.6) is 0 Å². The lowest BCUT2D eigenvalue weighted by molar-refractivity contribution is 0.460. The van der Waals surface area contributed by atoms with E-state index in [0.29, 0.717) is 11.5 Å². The molecule has 1 rings (SSSR count). The molecule has 4 heteroatoms. The van der Waals surface area contributed by atoms with Crippen molar-refractivity contribution in [2.45, 2.75) is 6.92 Å². The molecular formula is C7H13NOS2. The van der Waals surface area contributed by atoms with E-state index in [1.165, 1.54) is 0 Å². The SMILES string of the molecule is C=S1(=O)CCN(C(C)=S)CC1. The lowest BCUT2D eigenvalue weighted by atomic mass is 10.5. The minimum Gasteiger partial charge on any atom is -0.365 e. The minimum absolute atomic E-state index is 0.695. The molecule has 1 saturated heterocycles. The summed E-state index contributed by atoms with van der Waals surface area (Å²) in [5.41, 5.74) is 0. The molecule has 0 atom stereocenters. The van der Waals surface area contributed by atoms with E-state index in [1.807, 2.05) is 6.92 Å². The second kappa shape index (κ2) is 3.11. The maximum atomic E-state index is 11.4. The van der Waals surface area contributed by atoms with Gasteiger partial charge >= 0.3 is 0 Å². The third kappa shape index (κ3) is 2.45. The molecule has 11 heavy (non-hydrogen) atoms. The van der Waals surface area contributed by atoms with Gasteiger partial charge in [0.1, 0.15) is 0 Å². The molecule has 0 N–H and O–H groups in total. The maximum Gasteiger partial charge on any atom is 0.0748 e. The fourth-order valence-electron chi connectivity index (χ4n) is 1.08. The summed E-state index contributed by atoms with van der Waals surface area (Å²) in [6.07, 6.45) is 0. The van der Waals surface area contributed by atoms with Crippen LogP contribution in [0.3, 0.4) is 0 Å². The molecule has 0 aromatic heterocycles. The summed E-state index contributed by atoms with van der Waals surface area (Å²) < 4.78 is 11.4. The average Bonchev–Trinajstić information content (AvgIpc) is 1.86. The highest BCUT2D eigenvalue weighted by atomic mass is 32.2. The monoisotopic (exact) mass is 191 g/mol. The molecule has 1 aliphatic heterocycles. The van der Waals surface area contributed by atoms with Gasteiger partial charge < -0.3 is 4.90 Å². The number of thiocarbonyl (C=S) groups is 1. The van der Waals surface area contributed by atoms with Gasteiger partial charge in [0.2, 0.25) is 0 Å². The van der Waals surface area contributed by atoms with Crippen LogP contribution in [0.25, 0.3) is 0 Å². The van der Waals surface area contributed by atoms with Crippen molar-refractivity contribution in [3.05, 3.63) is 0 Å². The number of rotatable bonds is 0. The molecule has 0 aromatic carbocycles. The highest BCUT2D eigenvalue weighted by Gasteiger charge is 2.16. The molecule has 0 saturated carbocycles. The van der Waals surface area contributed by atoms with Crippen LogP contribution in [-0.4, -0.2) is 44.6 Å². The van der Waals surface area contributed by atoms with Gasteiger partial charge in [0.15, 0.2) is 0 Å². The van der Waals surface area contributed by atoms with Gasteiger partial charge in [0.25, 0.3) is 0 Å². The first-order chi connectivity index (χ1) is 5.01. The van der Waals surface area contributed by atoms with E-state index < -0.39 is 9.52 Å². The zero-order chi connectivity index (χ0) is 8.48. The van der Waals surface area contributed by atoms with Gasteiger partial charge in [0.05, 0.1) is 4.99 Å². The highest BCUT2D eigenvalue weighted by Crippen LogP contribution is 2.04. The van der Waals surface area contributed by atoms with Crippen LogP contribution < -0.4 is 0 Å². The lowest BCUT2D eigenvalue weighted by Crippen LogP contribution is -2.41. The quantitative estimate of drug-likeness (QED) is 0.516. The summed E-state index contributed by atoms with van der Waals surface area (Å²) in [6.45, 7) is 3.54. The van der Waals surface area contributed by atoms with E-state index in [2.05, 4.69) is 10.8 Å². The van der Waals surface area contributed by atoms with Crippen LogP contribution >= 0.6 is 12.2 Å². The lowest BCUT2D eigenvalue weighted by Gasteiger charge is -2.29. The fraction of sp³-hybridized carbons (Fsp3) is 0.714. The number of hydrogen-bond acceptors (Lipinski definition) is 2. The van der Waals surface area contributed by atoms with Crippen molar-refractivity contribution in [2.75, 3.05) is 24.6 Å². The van der Waals surface area contributed by atoms with Gasteiger partial charge in [-0.25, -0.2) is 0 Å². The Balaban J connectivity index is 2.56. The number of nitrogens with zero attached hydrogens (tertiary/aromatic N) is 1. The molecular weight excluding hydrogens is 178 g/mol. The second-order valence-corrected chi connectivity index (χ2v) is 6.22. The maximum absolute atomic E-state index is 11.4. The van der Waals surface area contributed by atoms with E-state index in [9.17, 15) is 4.21 Å². The van der Waals surface area contributed by atoms with Gasteiger partial charge in [0, 0.05) is 24.6 Å². The van der Waals surface area contributed by atoms with E-state index in [1.54, 1.807) is 0 Å². The van der Waals surface area contributed by atoms with Gasteiger partial charge in [-0.1, -0.05) is 12.2 Å². The van der Waals surface area contributed by atoms with Crippen molar-refractivity contribution in [1.29, 1.82) is 0 Å². The Bertz CT molecular complexity index is 242. The van der Waals surface area contributed by atoms with Crippen LogP contribution in [-0.2, 0) is 9.52 Å². The van der Waals surface area contributed by atoms with Crippen LogP contribution in [0, 0.1) is 0 Å². The van der Waals surface area contributed by atoms with Gasteiger partial charge in [-0.3, -0.25) is 4.21 Å². The van der Waals surface area contributed by atoms with Crippen molar-refractivity contribution in [3.8, 4) is 0 Å². The first kappa shape index (κ1) is 9.00. The largest absolute Gasteiger partial charge is 0.365 e. The predicted octanol–water partition coefficient (Wildman–Crippen LogP) is 0.366. The molecule has 0 bridgehead atoms. The second-order valence-electron chi connectivity index (χ2n) is 2.88. The van der Waals surface area contributed by atoms with Crippen molar-refractivity contribution < 1.29 is 4.21 Å². The zero-order valence-corrected chi connectivity index (χ0v) is 8.34. The van der Waals surface area contributed by atoms with Crippen LogP contribution in [0.2, 0.25) is 0 Å². The molecule has 1 fully saturated rings. The van der Waals surface area contributed by atoms with E-state index in [-0.39, 0.29) is 0 Å². The van der Waals surface area contributed by atoms with Crippen molar-refractivity contribution >= 4 is 32.6 Å². The molecule has 0 amide bonds. The normalized spacial score (nSPS) is 23.2. The summed E-state index contributed by atoms with van der Waals surface area (Å²) in [7, 11) is -1.75. The van der Waals surface area contributed by atoms with Crippen LogP contribution in [0.1, 0.15) is 6.92 Å². The fourth-order valence-corrected chi connectivity index (χ4v) is 2.57. The van der Waals surface area contributed by atoms with Crippen molar-refractivity contribution in [1.82, 2.24) is 4.90 Å². The Morgan fingerprint density at radius 1 is 1.55 bits per heavy atom. The van der Waals surface area contributed by atoms with E-state index in [0.717, 1.165) is 18.1 Å². The summed E-state index contributed by atoms with van der Waals surface area (Å²) in [5, 5.41) is 0. The molecule has 0 spiro atoms. The van der Waals surface area contributed by atoms with Gasteiger partial charge in [-0.2, -0.15) is 0 Å².